The third-order valence-corrected chi connectivity index (χ3v) is 5.74. The van der Waals surface area contributed by atoms with Crippen molar-refractivity contribution in [3.63, 3.8) is 0 Å². The first kappa shape index (κ1) is 21.3. The molecule has 0 unspecified atom stereocenters. The average molecular weight is 445 g/mol. The minimum Gasteiger partial charge on any atom is -0.465 e. The van der Waals surface area contributed by atoms with Gasteiger partial charge in [0.15, 0.2) is 0 Å². The van der Waals surface area contributed by atoms with Crippen LogP contribution in [-0.4, -0.2) is 35.5 Å². The van der Waals surface area contributed by atoms with Crippen molar-refractivity contribution in [1.82, 2.24) is 21.0 Å². The third kappa shape index (κ3) is 5.21. The fourth-order valence-corrected chi connectivity index (χ4v) is 3.79. The van der Waals surface area contributed by atoms with E-state index < -0.39 is 5.60 Å². The molecule has 0 atom stereocenters. The molecule has 2 aromatic rings. The standard InChI is InChI=1S/C22H25ClN4O4/c1-15-2-7-18(30-15)14-24-20(28)19-12-22(31-26-19)8-10-27(11-9-22)21(29)25-13-16-3-5-17(23)6-4-16/h2-7,12,26H,8-11,13-14H2,1H3,(H,24,28)(H,25,29). The second-order valence-electron chi connectivity index (χ2n) is 7.79. The molecule has 1 spiro atoms. The number of nitrogens with zero attached hydrogens (tertiary/aromatic N) is 1. The highest BCUT2D eigenvalue weighted by atomic mass is 35.5. The van der Waals surface area contributed by atoms with Crippen LogP contribution >= 0.6 is 11.6 Å². The maximum Gasteiger partial charge on any atom is 0.317 e. The molecule has 8 nitrogen and oxygen atoms in total. The Kier molecular flexibility index (Phi) is 6.20. The highest BCUT2D eigenvalue weighted by Gasteiger charge is 2.40. The van der Waals surface area contributed by atoms with E-state index in [2.05, 4.69) is 16.1 Å². The number of carbonyl (C=O) groups excluding carboxylic acids is 2. The predicted octanol–water partition coefficient (Wildman–Crippen LogP) is 3.02. The first-order valence-corrected chi connectivity index (χ1v) is 10.6. The molecule has 31 heavy (non-hydrogen) atoms. The van der Waals surface area contributed by atoms with Crippen molar-refractivity contribution in [2.45, 2.75) is 38.5 Å². The maximum atomic E-state index is 12.5. The Morgan fingerprint density at radius 3 is 2.52 bits per heavy atom. The summed E-state index contributed by atoms with van der Waals surface area (Å²) in [5.74, 6) is 1.24. The van der Waals surface area contributed by atoms with Crippen LogP contribution in [0.3, 0.4) is 0 Å². The van der Waals surface area contributed by atoms with Gasteiger partial charge in [0.25, 0.3) is 5.91 Å². The first-order valence-electron chi connectivity index (χ1n) is 10.2. The lowest BCUT2D eigenvalue weighted by molar-refractivity contribution is -0.120. The van der Waals surface area contributed by atoms with Crippen LogP contribution in [0.4, 0.5) is 4.79 Å². The zero-order chi connectivity index (χ0) is 21.8. The minimum absolute atomic E-state index is 0.119. The van der Waals surface area contributed by atoms with Crippen LogP contribution in [0.25, 0.3) is 0 Å². The van der Waals surface area contributed by atoms with Crippen molar-refractivity contribution in [1.29, 1.82) is 0 Å². The normalized spacial score (nSPS) is 17.2. The molecule has 0 aliphatic carbocycles. The SMILES string of the molecule is Cc1ccc(CNC(=O)C2=CC3(CCN(C(=O)NCc4ccc(Cl)cc4)CC3)ON2)o1. The number of rotatable bonds is 5. The van der Waals surface area contributed by atoms with E-state index in [4.69, 9.17) is 20.9 Å². The summed E-state index contributed by atoms with van der Waals surface area (Å²) in [6, 6.07) is 10.9. The molecule has 1 saturated heterocycles. The molecule has 0 radical (unpaired) electrons. The van der Waals surface area contributed by atoms with Crippen LogP contribution in [-0.2, 0) is 22.7 Å². The van der Waals surface area contributed by atoms with Gasteiger partial charge in [-0.25, -0.2) is 4.79 Å². The second-order valence-corrected chi connectivity index (χ2v) is 8.23. The van der Waals surface area contributed by atoms with E-state index >= 15 is 0 Å². The lowest BCUT2D eigenvalue weighted by Crippen LogP contribution is -2.49. The number of hydroxylamine groups is 1. The van der Waals surface area contributed by atoms with Gasteiger partial charge < -0.3 is 20.0 Å². The molecule has 1 fully saturated rings. The van der Waals surface area contributed by atoms with E-state index in [0.717, 1.165) is 11.3 Å². The molecule has 3 N–H and O–H groups in total. The van der Waals surface area contributed by atoms with Crippen LogP contribution in [0.1, 0.15) is 29.9 Å². The van der Waals surface area contributed by atoms with Gasteiger partial charge in [0, 0.05) is 37.5 Å². The van der Waals surface area contributed by atoms with Crippen LogP contribution in [0.2, 0.25) is 5.02 Å². The zero-order valence-corrected chi connectivity index (χ0v) is 18.0. The fraction of sp³-hybridized carbons (Fsp3) is 0.364. The average Bonchev–Trinajstić information content (AvgIpc) is 3.38. The number of amides is 3. The minimum atomic E-state index is -0.582. The van der Waals surface area contributed by atoms with E-state index in [1.165, 1.54) is 0 Å². The lowest BCUT2D eigenvalue weighted by atomic mass is 9.91. The topological polar surface area (TPSA) is 95.8 Å². The van der Waals surface area contributed by atoms with Gasteiger partial charge in [-0.05, 0) is 42.8 Å². The van der Waals surface area contributed by atoms with Gasteiger partial charge in [-0.3, -0.25) is 15.1 Å². The van der Waals surface area contributed by atoms with Gasteiger partial charge in [0.1, 0.15) is 22.8 Å². The summed E-state index contributed by atoms with van der Waals surface area (Å²) in [7, 11) is 0. The van der Waals surface area contributed by atoms with E-state index in [1.54, 1.807) is 17.0 Å². The van der Waals surface area contributed by atoms with E-state index in [1.807, 2.05) is 37.3 Å². The maximum absolute atomic E-state index is 12.5. The number of piperidine rings is 1. The summed E-state index contributed by atoms with van der Waals surface area (Å²) < 4.78 is 5.46. The number of carbonyl (C=O) groups is 2. The predicted molar refractivity (Wildman–Crippen MR) is 115 cm³/mol. The number of urea groups is 1. The smallest absolute Gasteiger partial charge is 0.317 e. The Labute approximate surface area is 185 Å². The number of aryl methyl sites for hydroxylation is 1. The van der Waals surface area contributed by atoms with Gasteiger partial charge in [0.2, 0.25) is 0 Å². The van der Waals surface area contributed by atoms with Crippen molar-refractivity contribution in [3.8, 4) is 0 Å². The number of benzene rings is 1. The van der Waals surface area contributed by atoms with E-state index in [0.29, 0.717) is 55.5 Å². The number of likely N-dealkylation sites (tertiary alicyclic amines) is 1. The second kappa shape index (κ2) is 9.03. The molecule has 0 saturated carbocycles. The number of hydrogen-bond acceptors (Lipinski definition) is 5. The molecule has 4 rings (SSSR count). The summed E-state index contributed by atoms with van der Waals surface area (Å²) in [4.78, 5) is 32.4. The third-order valence-electron chi connectivity index (χ3n) is 5.49. The molecule has 0 bridgehead atoms. The van der Waals surface area contributed by atoms with E-state index in [-0.39, 0.29) is 11.9 Å². The van der Waals surface area contributed by atoms with Gasteiger partial charge in [-0.15, -0.1) is 0 Å². The highest BCUT2D eigenvalue weighted by Crippen LogP contribution is 2.32. The summed E-state index contributed by atoms with van der Waals surface area (Å²) in [5.41, 5.74) is 3.52. The number of nitrogens with one attached hydrogen (secondary N) is 3. The van der Waals surface area contributed by atoms with Crippen LogP contribution in [0.15, 0.2) is 52.6 Å². The summed E-state index contributed by atoms with van der Waals surface area (Å²) in [6.07, 6.45) is 3.02. The molecule has 9 heteroatoms. The van der Waals surface area contributed by atoms with Crippen molar-refractivity contribution in [2.75, 3.05) is 13.1 Å². The highest BCUT2D eigenvalue weighted by molar-refractivity contribution is 6.30. The number of halogens is 1. The molecule has 3 heterocycles. The Morgan fingerprint density at radius 1 is 1.10 bits per heavy atom. The number of furan rings is 1. The summed E-state index contributed by atoms with van der Waals surface area (Å²) in [6.45, 7) is 3.67. The van der Waals surface area contributed by atoms with Crippen LogP contribution in [0, 0.1) is 6.92 Å². The molecule has 164 valence electrons. The Morgan fingerprint density at radius 2 is 1.84 bits per heavy atom. The van der Waals surface area contributed by atoms with Gasteiger partial charge in [-0.2, -0.15) is 0 Å². The van der Waals surface area contributed by atoms with Crippen molar-refractivity contribution in [2.24, 2.45) is 0 Å². The molecule has 3 amide bonds. The van der Waals surface area contributed by atoms with Crippen LogP contribution < -0.4 is 16.1 Å². The molecule has 1 aromatic carbocycles. The van der Waals surface area contributed by atoms with Crippen LogP contribution in [0.5, 0.6) is 0 Å². The molecule has 2 aliphatic rings. The van der Waals surface area contributed by atoms with Crippen molar-refractivity contribution in [3.05, 3.63) is 70.3 Å². The van der Waals surface area contributed by atoms with Gasteiger partial charge in [0.05, 0.1) is 6.54 Å². The first-order chi connectivity index (χ1) is 14.9. The molecule has 2 aliphatic heterocycles. The summed E-state index contributed by atoms with van der Waals surface area (Å²) >= 11 is 5.89. The molecule has 1 aromatic heterocycles. The van der Waals surface area contributed by atoms with Crippen molar-refractivity contribution >= 4 is 23.5 Å². The summed E-state index contributed by atoms with van der Waals surface area (Å²) in [5, 5.41) is 6.41. The molecular formula is C22H25ClN4O4. The molecular weight excluding hydrogens is 420 g/mol. The zero-order valence-electron chi connectivity index (χ0n) is 17.2. The van der Waals surface area contributed by atoms with E-state index in [9.17, 15) is 9.59 Å². The quantitative estimate of drug-likeness (QED) is 0.658. The Balaban J connectivity index is 1.25. The van der Waals surface area contributed by atoms with Crippen molar-refractivity contribution < 1.29 is 18.8 Å². The Hall–Kier alpha value is -2.97. The largest absolute Gasteiger partial charge is 0.465 e. The number of hydrogen-bond donors (Lipinski definition) is 3. The monoisotopic (exact) mass is 444 g/mol. The lowest BCUT2D eigenvalue weighted by Gasteiger charge is -2.36. The Bertz CT molecular complexity index is 978. The van der Waals surface area contributed by atoms with Gasteiger partial charge in [-0.1, -0.05) is 23.7 Å². The fourth-order valence-electron chi connectivity index (χ4n) is 3.66. The van der Waals surface area contributed by atoms with Gasteiger partial charge >= 0.3 is 6.03 Å².